The van der Waals surface area contributed by atoms with Gasteiger partial charge in [0, 0.05) is 30.6 Å². The van der Waals surface area contributed by atoms with Gasteiger partial charge in [0.25, 0.3) is 0 Å². The molecule has 0 spiro atoms. The van der Waals surface area contributed by atoms with Crippen molar-refractivity contribution in [3.05, 3.63) is 29.8 Å². The Morgan fingerprint density at radius 2 is 1.54 bits per heavy atom. The van der Waals surface area contributed by atoms with Crippen LogP contribution in [-0.4, -0.2) is 29.8 Å². The average Bonchev–Trinajstić information content (AvgIpc) is 2.69. The van der Waals surface area contributed by atoms with Gasteiger partial charge in [-0.2, -0.15) is 0 Å². The first-order valence-electron chi connectivity index (χ1n) is 10.3. The SMILES string of the molecule is CCc1ccc(NC(=O)C2CCC(C(=O)N3CCC(C)CC3)CC2)cc1. The predicted octanol–water partition coefficient (Wildman–Crippen LogP) is 4.25. The molecule has 1 saturated heterocycles. The second kappa shape index (κ2) is 8.70. The van der Waals surface area contributed by atoms with E-state index in [1.807, 2.05) is 12.1 Å². The molecule has 142 valence electrons. The lowest BCUT2D eigenvalue weighted by atomic mass is 9.80. The molecule has 0 radical (unpaired) electrons. The van der Waals surface area contributed by atoms with Gasteiger partial charge in [-0.25, -0.2) is 0 Å². The highest BCUT2D eigenvalue weighted by molar-refractivity contribution is 5.92. The summed E-state index contributed by atoms with van der Waals surface area (Å²) >= 11 is 0. The van der Waals surface area contributed by atoms with Gasteiger partial charge in [-0.3, -0.25) is 9.59 Å². The Morgan fingerprint density at radius 1 is 0.962 bits per heavy atom. The third-order valence-electron chi connectivity index (χ3n) is 6.17. The van der Waals surface area contributed by atoms with Gasteiger partial charge in [-0.1, -0.05) is 26.0 Å². The van der Waals surface area contributed by atoms with Crippen molar-refractivity contribution in [2.45, 2.75) is 58.8 Å². The molecule has 1 N–H and O–H groups in total. The highest BCUT2D eigenvalue weighted by Gasteiger charge is 2.33. The van der Waals surface area contributed by atoms with E-state index in [0.29, 0.717) is 5.91 Å². The normalized spacial score (nSPS) is 24.3. The number of nitrogens with zero attached hydrogens (tertiary/aromatic N) is 1. The van der Waals surface area contributed by atoms with E-state index in [4.69, 9.17) is 0 Å². The summed E-state index contributed by atoms with van der Waals surface area (Å²) in [5, 5.41) is 3.04. The zero-order valence-corrected chi connectivity index (χ0v) is 16.2. The molecule has 1 aliphatic heterocycles. The first-order valence-corrected chi connectivity index (χ1v) is 10.3. The van der Waals surface area contributed by atoms with Crippen LogP contribution in [0.25, 0.3) is 0 Å². The summed E-state index contributed by atoms with van der Waals surface area (Å²) in [5.74, 6) is 1.32. The lowest BCUT2D eigenvalue weighted by Crippen LogP contribution is -2.42. The van der Waals surface area contributed by atoms with E-state index < -0.39 is 0 Å². The average molecular weight is 357 g/mol. The van der Waals surface area contributed by atoms with Crippen LogP contribution < -0.4 is 5.32 Å². The molecular formula is C22H32N2O2. The molecule has 2 fully saturated rings. The van der Waals surface area contributed by atoms with Crippen molar-refractivity contribution in [3.8, 4) is 0 Å². The fraction of sp³-hybridized carbons (Fsp3) is 0.636. The molecule has 1 saturated carbocycles. The monoisotopic (exact) mass is 356 g/mol. The van der Waals surface area contributed by atoms with Crippen LogP contribution in [0.1, 0.15) is 57.9 Å². The number of amides is 2. The number of benzene rings is 1. The van der Waals surface area contributed by atoms with Crippen LogP contribution in [0, 0.1) is 17.8 Å². The Kier molecular flexibility index (Phi) is 6.33. The third kappa shape index (κ3) is 4.66. The van der Waals surface area contributed by atoms with E-state index in [9.17, 15) is 9.59 Å². The highest BCUT2D eigenvalue weighted by Crippen LogP contribution is 2.32. The van der Waals surface area contributed by atoms with Gasteiger partial charge >= 0.3 is 0 Å². The maximum Gasteiger partial charge on any atom is 0.227 e. The summed E-state index contributed by atoms with van der Waals surface area (Å²) in [6.07, 6.45) is 6.58. The molecule has 2 aliphatic rings. The minimum Gasteiger partial charge on any atom is -0.342 e. The van der Waals surface area contributed by atoms with Gasteiger partial charge in [0.15, 0.2) is 0 Å². The maximum atomic E-state index is 12.7. The minimum absolute atomic E-state index is 0.0336. The Balaban J connectivity index is 1.46. The van der Waals surface area contributed by atoms with Crippen LogP contribution in [0.5, 0.6) is 0 Å². The number of nitrogens with one attached hydrogen (secondary N) is 1. The second-order valence-electron chi connectivity index (χ2n) is 8.10. The van der Waals surface area contributed by atoms with Crippen LogP contribution in [0.3, 0.4) is 0 Å². The van der Waals surface area contributed by atoms with E-state index in [-0.39, 0.29) is 17.7 Å². The smallest absolute Gasteiger partial charge is 0.227 e. The third-order valence-corrected chi connectivity index (χ3v) is 6.17. The zero-order chi connectivity index (χ0) is 18.5. The Bertz CT molecular complexity index is 610. The Labute approximate surface area is 157 Å². The van der Waals surface area contributed by atoms with Gasteiger partial charge in [0.1, 0.15) is 0 Å². The van der Waals surface area contributed by atoms with Gasteiger partial charge in [-0.05, 0) is 68.6 Å². The fourth-order valence-corrected chi connectivity index (χ4v) is 4.16. The Hall–Kier alpha value is -1.84. The largest absolute Gasteiger partial charge is 0.342 e. The summed E-state index contributed by atoms with van der Waals surface area (Å²) in [6.45, 7) is 6.21. The number of aryl methyl sites for hydroxylation is 1. The molecule has 1 aromatic rings. The van der Waals surface area contributed by atoms with Crippen molar-refractivity contribution in [1.29, 1.82) is 0 Å². The summed E-state index contributed by atoms with van der Waals surface area (Å²) in [7, 11) is 0. The molecule has 0 unspecified atom stereocenters. The molecule has 1 heterocycles. The summed E-state index contributed by atoms with van der Waals surface area (Å²) < 4.78 is 0. The van der Waals surface area contributed by atoms with Crippen LogP contribution in [0.4, 0.5) is 5.69 Å². The fourth-order valence-electron chi connectivity index (χ4n) is 4.16. The standard InChI is InChI=1S/C22H32N2O2/c1-3-17-4-10-20(11-5-17)23-21(25)18-6-8-19(9-7-18)22(26)24-14-12-16(2)13-15-24/h4-5,10-11,16,18-19H,3,6-9,12-15H2,1-2H3,(H,23,25). The lowest BCUT2D eigenvalue weighted by Gasteiger charge is -2.35. The summed E-state index contributed by atoms with van der Waals surface area (Å²) in [6, 6.07) is 8.07. The van der Waals surface area contributed by atoms with E-state index in [1.165, 1.54) is 5.56 Å². The number of carbonyl (C=O) groups is 2. The van der Waals surface area contributed by atoms with Crippen LogP contribution >= 0.6 is 0 Å². The quantitative estimate of drug-likeness (QED) is 0.877. The summed E-state index contributed by atoms with van der Waals surface area (Å²) in [4.78, 5) is 27.3. The van der Waals surface area contributed by atoms with Crippen molar-refractivity contribution < 1.29 is 9.59 Å². The highest BCUT2D eigenvalue weighted by atomic mass is 16.2. The van der Waals surface area contributed by atoms with Gasteiger partial charge in [0.2, 0.25) is 11.8 Å². The molecular weight excluding hydrogens is 324 g/mol. The number of piperidine rings is 1. The van der Waals surface area contributed by atoms with Crippen LogP contribution in [0.15, 0.2) is 24.3 Å². The van der Waals surface area contributed by atoms with Crippen molar-refractivity contribution >= 4 is 17.5 Å². The number of rotatable bonds is 4. The molecule has 3 rings (SSSR count). The molecule has 2 amide bonds. The Morgan fingerprint density at radius 3 is 2.12 bits per heavy atom. The molecule has 4 heteroatoms. The van der Waals surface area contributed by atoms with Crippen LogP contribution in [-0.2, 0) is 16.0 Å². The summed E-state index contributed by atoms with van der Waals surface area (Å²) in [5.41, 5.74) is 2.14. The zero-order valence-electron chi connectivity index (χ0n) is 16.2. The van der Waals surface area contributed by atoms with E-state index in [0.717, 1.165) is 69.6 Å². The molecule has 0 bridgehead atoms. The van der Waals surface area contributed by atoms with Crippen LogP contribution in [0.2, 0.25) is 0 Å². The van der Waals surface area contributed by atoms with Crippen molar-refractivity contribution in [1.82, 2.24) is 4.90 Å². The maximum absolute atomic E-state index is 12.7. The van der Waals surface area contributed by atoms with Gasteiger partial charge < -0.3 is 10.2 Å². The molecule has 1 aliphatic carbocycles. The van der Waals surface area contributed by atoms with Gasteiger partial charge in [-0.15, -0.1) is 0 Å². The van der Waals surface area contributed by atoms with E-state index in [2.05, 4.69) is 36.2 Å². The molecule has 0 aromatic heterocycles. The van der Waals surface area contributed by atoms with Crippen molar-refractivity contribution in [2.75, 3.05) is 18.4 Å². The number of hydrogen-bond donors (Lipinski definition) is 1. The molecule has 0 atom stereocenters. The lowest BCUT2D eigenvalue weighted by molar-refractivity contribution is -0.139. The van der Waals surface area contributed by atoms with E-state index in [1.54, 1.807) is 0 Å². The van der Waals surface area contributed by atoms with E-state index >= 15 is 0 Å². The molecule has 4 nitrogen and oxygen atoms in total. The molecule has 1 aromatic carbocycles. The van der Waals surface area contributed by atoms with Gasteiger partial charge in [0.05, 0.1) is 0 Å². The van der Waals surface area contributed by atoms with Crippen molar-refractivity contribution in [3.63, 3.8) is 0 Å². The first kappa shape index (κ1) is 18.9. The minimum atomic E-state index is 0.0336. The first-order chi connectivity index (χ1) is 12.6. The number of carbonyl (C=O) groups excluding carboxylic acids is 2. The number of hydrogen-bond acceptors (Lipinski definition) is 2. The predicted molar refractivity (Wildman–Crippen MR) is 105 cm³/mol. The number of likely N-dealkylation sites (tertiary alicyclic amines) is 1. The topological polar surface area (TPSA) is 49.4 Å². The number of anilines is 1. The second-order valence-corrected chi connectivity index (χ2v) is 8.10. The van der Waals surface area contributed by atoms with Crippen molar-refractivity contribution in [2.24, 2.45) is 17.8 Å². The molecule has 26 heavy (non-hydrogen) atoms.